The highest BCUT2D eigenvalue weighted by molar-refractivity contribution is 5.89. The van der Waals surface area contributed by atoms with Crippen LogP contribution in [0.15, 0.2) is 24.3 Å². The molecule has 0 fully saturated rings. The number of carboxylic acid groups (broad SMARTS) is 1. The quantitative estimate of drug-likeness (QED) is 0.722. The SMILES string of the molecule is CC(C)C(C)CNC(=O)NCCc1ccccc1C(=O)O. The van der Waals surface area contributed by atoms with Gasteiger partial charge in [-0.05, 0) is 29.9 Å². The summed E-state index contributed by atoms with van der Waals surface area (Å²) in [4.78, 5) is 22.7. The fraction of sp³-hybridized carbons (Fsp3) is 0.500. The molecular weight excluding hydrogens is 268 g/mol. The summed E-state index contributed by atoms with van der Waals surface area (Å²) in [5.41, 5.74) is 1.01. The van der Waals surface area contributed by atoms with Gasteiger partial charge in [-0.15, -0.1) is 0 Å². The molecule has 3 N–H and O–H groups in total. The third kappa shape index (κ3) is 5.85. The summed E-state index contributed by atoms with van der Waals surface area (Å²) in [5, 5.41) is 14.6. The lowest BCUT2D eigenvalue weighted by atomic mass is 9.98. The first-order valence-electron chi connectivity index (χ1n) is 7.24. The number of carbonyl (C=O) groups excluding carboxylic acids is 1. The first-order valence-corrected chi connectivity index (χ1v) is 7.24. The molecule has 2 amide bonds. The van der Waals surface area contributed by atoms with E-state index in [0.717, 1.165) is 5.56 Å². The fourth-order valence-electron chi connectivity index (χ4n) is 1.81. The lowest BCUT2D eigenvalue weighted by molar-refractivity contribution is 0.0695. The molecule has 0 aliphatic carbocycles. The Labute approximate surface area is 125 Å². The van der Waals surface area contributed by atoms with Crippen molar-refractivity contribution in [2.45, 2.75) is 27.2 Å². The van der Waals surface area contributed by atoms with Crippen LogP contribution in [-0.4, -0.2) is 30.2 Å². The van der Waals surface area contributed by atoms with Gasteiger partial charge in [0.2, 0.25) is 0 Å². The summed E-state index contributed by atoms with van der Waals surface area (Å²) in [6, 6.07) is 6.62. The van der Waals surface area contributed by atoms with E-state index in [1.54, 1.807) is 24.3 Å². The molecule has 0 spiro atoms. The number of carbonyl (C=O) groups is 2. The van der Waals surface area contributed by atoms with Crippen LogP contribution in [0.1, 0.15) is 36.7 Å². The molecule has 1 rings (SSSR count). The van der Waals surface area contributed by atoms with E-state index < -0.39 is 5.97 Å². The van der Waals surface area contributed by atoms with Gasteiger partial charge in [0.1, 0.15) is 0 Å². The maximum atomic E-state index is 11.6. The number of urea groups is 1. The molecule has 0 aliphatic heterocycles. The molecule has 21 heavy (non-hydrogen) atoms. The lowest BCUT2D eigenvalue weighted by Gasteiger charge is -2.16. The van der Waals surface area contributed by atoms with Crippen molar-refractivity contribution in [3.05, 3.63) is 35.4 Å². The molecule has 5 heteroatoms. The van der Waals surface area contributed by atoms with Gasteiger partial charge in [0, 0.05) is 13.1 Å². The minimum Gasteiger partial charge on any atom is -0.478 e. The average molecular weight is 292 g/mol. The molecule has 0 heterocycles. The molecule has 1 unspecified atom stereocenters. The van der Waals surface area contributed by atoms with Crippen molar-refractivity contribution in [3.63, 3.8) is 0 Å². The van der Waals surface area contributed by atoms with Crippen LogP contribution in [0, 0.1) is 11.8 Å². The minimum atomic E-state index is -0.944. The molecule has 0 saturated carbocycles. The molecule has 0 aliphatic rings. The Balaban J connectivity index is 2.37. The van der Waals surface area contributed by atoms with Gasteiger partial charge < -0.3 is 15.7 Å². The van der Waals surface area contributed by atoms with Gasteiger partial charge in [-0.1, -0.05) is 39.0 Å². The highest BCUT2D eigenvalue weighted by atomic mass is 16.4. The van der Waals surface area contributed by atoms with Crippen molar-refractivity contribution in [3.8, 4) is 0 Å². The molecule has 5 nitrogen and oxygen atoms in total. The summed E-state index contributed by atoms with van der Waals surface area (Å²) in [7, 11) is 0. The molecule has 116 valence electrons. The van der Waals surface area contributed by atoms with Crippen molar-refractivity contribution in [2.24, 2.45) is 11.8 Å². The van der Waals surface area contributed by atoms with Crippen molar-refractivity contribution in [1.29, 1.82) is 0 Å². The van der Waals surface area contributed by atoms with Gasteiger partial charge in [-0.25, -0.2) is 9.59 Å². The average Bonchev–Trinajstić information content (AvgIpc) is 2.44. The maximum Gasteiger partial charge on any atom is 0.335 e. The highest BCUT2D eigenvalue weighted by Crippen LogP contribution is 2.09. The van der Waals surface area contributed by atoms with E-state index in [0.29, 0.717) is 31.3 Å². The number of aromatic carboxylic acids is 1. The summed E-state index contributed by atoms with van der Waals surface area (Å²) in [5.74, 6) is -0.00274. The molecule has 0 saturated heterocycles. The molecule has 1 aromatic rings. The molecule has 0 aromatic heterocycles. The number of amides is 2. The standard InChI is InChI=1S/C16H24N2O3/c1-11(2)12(3)10-18-16(21)17-9-8-13-6-4-5-7-14(13)15(19)20/h4-7,11-12H,8-10H2,1-3H3,(H,19,20)(H2,17,18,21). The van der Waals surface area contributed by atoms with Crippen LogP contribution in [0.3, 0.4) is 0 Å². The number of hydrogen-bond acceptors (Lipinski definition) is 2. The Bertz CT molecular complexity index is 486. The molecular formula is C16H24N2O3. The normalized spacial score (nSPS) is 12.0. The number of hydrogen-bond donors (Lipinski definition) is 3. The van der Waals surface area contributed by atoms with Crippen LogP contribution in [0.4, 0.5) is 4.79 Å². The van der Waals surface area contributed by atoms with Crippen LogP contribution in [0.2, 0.25) is 0 Å². The zero-order chi connectivity index (χ0) is 15.8. The van der Waals surface area contributed by atoms with Crippen LogP contribution in [0.5, 0.6) is 0 Å². The van der Waals surface area contributed by atoms with Gasteiger partial charge in [-0.3, -0.25) is 0 Å². The van der Waals surface area contributed by atoms with Gasteiger partial charge in [-0.2, -0.15) is 0 Å². The lowest BCUT2D eigenvalue weighted by Crippen LogP contribution is -2.39. The second-order valence-electron chi connectivity index (χ2n) is 5.57. The predicted molar refractivity (Wildman–Crippen MR) is 82.5 cm³/mol. The summed E-state index contributed by atoms with van der Waals surface area (Å²) < 4.78 is 0. The van der Waals surface area contributed by atoms with Crippen LogP contribution in [-0.2, 0) is 6.42 Å². The summed E-state index contributed by atoms with van der Waals surface area (Å²) in [6.07, 6.45) is 0.496. The van der Waals surface area contributed by atoms with E-state index in [4.69, 9.17) is 5.11 Å². The third-order valence-electron chi connectivity index (χ3n) is 3.65. The number of benzene rings is 1. The van der Waals surface area contributed by atoms with Crippen LogP contribution >= 0.6 is 0 Å². The van der Waals surface area contributed by atoms with Crippen LogP contribution < -0.4 is 10.6 Å². The highest BCUT2D eigenvalue weighted by Gasteiger charge is 2.10. The second-order valence-corrected chi connectivity index (χ2v) is 5.57. The first kappa shape index (κ1) is 17.0. The van der Waals surface area contributed by atoms with Crippen molar-refractivity contribution >= 4 is 12.0 Å². The second kappa shape index (κ2) is 8.29. The van der Waals surface area contributed by atoms with E-state index in [1.165, 1.54) is 0 Å². The van der Waals surface area contributed by atoms with Crippen molar-refractivity contribution in [1.82, 2.24) is 10.6 Å². The largest absolute Gasteiger partial charge is 0.478 e. The zero-order valence-electron chi connectivity index (χ0n) is 12.8. The monoisotopic (exact) mass is 292 g/mol. The Kier molecular flexibility index (Phi) is 6.72. The maximum absolute atomic E-state index is 11.6. The Morgan fingerprint density at radius 2 is 1.81 bits per heavy atom. The van der Waals surface area contributed by atoms with Crippen LogP contribution in [0.25, 0.3) is 0 Å². The topological polar surface area (TPSA) is 78.4 Å². The number of rotatable bonds is 7. The third-order valence-corrected chi connectivity index (χ3v) is 3.65. The molecule has 1 atom stereocenters. The van der Waals surface area contributed by atoms with Gasteiger partial charge in [0.15, 0.2) is 0 Å². The van der Waals surface area contributed by atoms with Gasteiger partial charge in [0.25, 0.3) is 0 Å². The zero-order valence-corrected chi connectivity index (χ0v) is 12.8. The smallest absolute Gasteiger partial charge is 0.335 e. The summed E-state index contributed by atoms with van der Waals surface area (Å²) in [6.45, 7) is 7.37. The van der Waals surface area contributed by atoms with E-state index in [1.807, 2.05) is 0 Å². The Morgan fingerprint density at radius 3 is 2.43 bits per heavy atom. The van der Waals surface area contributed by atoms with E-state index >= 15 is 0 Å². The predicted octanol–water partition coefficient (Wildman–Crippen LogP) is 2.52. The molecule has 0 radical (unpaired) electrons. The van der Waals surface area contributed by atoms with E-state index in [2.05, 4.69) is 31.4 Å². The Morgan fingerprint density at radius 1 is 1.14 bits per heavy atom. The Hall–Kier alpha value is -2.04. The first-order chi connectivity index (χ1) is 9.91. The van der Waals surface area contributed by atoms with Crippen molar-refractivity contribution in [2.75, 3.05) is 13.1 Å². The molecule has 1 aromatic carbocycles. The van der Waals surface area contributed by atoms with Gasteiger partial charge in [0.05, 0.1) is 5.56 Å². The van der Waals surface area contributed by atoms with E-state index in [-0.39, 0.29) is 11.6 Å². The minimum absolute atomic E-state index is 0.213. The van der Waals surface area contributed by atoms with Gasteiger partial charge >= 0.3 is 12.0 Å². The summed E-state index contributed by atoms with van der Waals surface area (Å²) >= 11 is 0. The fourth-order valence-corrected chi connectivity index (χ4v) is 1.81. The number of carboxylic acids is 1. The number of nitrogens with one attached hydrogen (secondary N) is 2. The van der Waals surface area contributed by atoms with Crippen molar-refractivity contribution < 1.29 is 14.7 Å². The van der Waals surface area contributed by atoms with E-state index in [9.17, 15) is 9.59 Å². The molecule has 0 bridgehead atoms.